The number of hydrazone groups is 1. The molecule has 0 radical (unpaired) electrons. The van der Waals surface area contributed by atoms with E-state index >= 15 is 0 Å². The van der Waals surface area contributed by atoms with Gasteiger partial charge >= 0.3 is 0 Å². The van der Waals surface area contributed by atoms with Crippen LogP contribution in [0.1, 0.15) is 16.1 Å². The molecule has 0 saturated heterocycles. The monoisotopic (exact) mass is 432 g/mol. The van der Waals surface area contributed by atoms with Gasteiger partial charge in [-0.05, 0) is 24.3 Å². The van der Waals surface area contributed by atoms with Crippen LogP contribution in [0.3, 0.4) is 0 Å². The van der Waals surface area contributed by atoms with Crippen molar-refractivity contribution >= 4 is 50.9 Å². The Morgan fingerprint density at radius 3 is 2.87 bits per heavy atom. The molecule has 0 unspecified atom stereocenters. The Morgan fingerprint density at radius 1 is 1.17 bits per heavy atom. The maximum absolute atomic E-state index is 13.0. The zero-order valence-corrected chi connectivity index (χ0v) is 16.9. The van der Waals surface area contributed by atoms with Crippen LogP contribution in [0.4, 0.5) is 0 Å². The Morgan fingerprint density at radius 2 is 2.00 bits per heavy atom. The predicted octanol–water partition coefficient (Wildman–Crippen LogP) is 4.42. The largest absolute Gasteiger partial charge is 0.288 e. The summed E-state index contributed by atoms with van der Waals surface area (Å²) < 4.78 is 1.81. The average molecular weight is 433 g/mol. The molecule has 0 bridgehead atoms. The second-order valence-corrected chi connectivity index (χ2v) is 7.58. The molecular formula is C21H13ClN6OS. The van der Waals surface area contributed by atoms with Gasteiger partial charge in [0.2, 0.25) is 0 Å². The second kappa shape index (κ2) is 7.66. The summed E-state index contributed by atoms with van der Waals surface area (Å²) in [6.45, 7) is 0. The summed E-state index contributed by atoms with van der Waals surface area (Å²) in [6, 6.07) is 13.0. The molecule has 0 fully saturated rings. The van der Waals surface area contributed by atoms with Gasteiger partial charge in [0.15, 0.2) is 10.1 Å². The summed E-state index contributed by atoms with van der Waals surface area (Å²) in [6.07, 6.45) is 6.72. The van der Waals surface area contributed by atoms with Crippen LogP contribution in [0.15, 0.2) is 71.5 Å². The number of aromatic nitrogens is 4. The molecule has 1 amide bonds. The Hall–Kier alpha value is -3.62. The van der Waals surface area contributed by atoms with Crippen molar-refractivity contribution in [2.75, 3.05) is 0 Å². The maximum atomic E-state index is 13.0. The van der Waals surface area contributed by atoms with Gasteiger partial charge in [-0.3, -0.25) is 14.2 Å². The summed E-state index contributed by atoms with van der Waals surface area (Å²) in [5, 5.41) is 7.06. The number of para-hydroxylation sites is 1. The Balaban J connectivity index is 1.49. The number of thiazole rings is 1. The van der Waals surface area contributed by atoms with Crippen LogP contribution in [0.5, 0.6) is 0 Å². The molecule has 5 rings (SSSR count). The van der Waals surface area contributed by atoms with Crippen molar-refractivity contribution in [1.82, 2.24) is 24.8 Å². The van der Waals surface area contributed by atoms with E-state index in [1.54, 1.807) is 18.5 Å². The lowest BCUT2D eigenvalue weighted by molar-refractivity contribution is 0.0956. The Kier molecular flexibility index (Phi) is 4.70. The zero-order valence-electron chi connectivity index (χ0n) is 15.4. The average Bonchev–Trinajstić information content (AvgIpc) is 3.35. The molecule has 0 atom stereocenters. The molecule has 9 heteroatoms. The molecule has 0 aliphatic heterocycles. The van der Waals surface area contributed by atoms with Gasteiger partial charge in [0.05, 0.1) is 23.0 Å². The summed E-state index contributed by atoms with van der Waals surface area (Å²) in [7, 11) is 0. The molecule has 0 aliphatic carbocycles. The van der Waals surface area contributed by atoms with Crippen molar-refractivity contribution < 1.29 is 4.79 Å². The Labute approximate surface area is 179 Å². The number of fused-ring (bicyclic) bond motifs is 2. The number of carbonyl (C=O) groups is 1. The first-order valence-electron chi connectivity index (χ1n) is 8.95. The van der Waals surface area contributed by atoms with Crippen LogP contribution in [-0.4, -0.2) is 31.5 Å². The SMILES string of the molecule is O=C(N/N=C/c1c(Cl)nc2sccn12)c1cc(-c2ccncc2)nc2ccccc12. The fraction of sp³-hybridized carbons (Fsp3) is 0. The molecule has 0 aliphatic rings. The molecule has 7 nitrogen and oxygen atoms in total. The number of amides is 1. The number of imidazole rings is 1. The number of halogens is 1. The van der Waals surface area contributed by atoms with Gasteiger partial charge in [-0.15, -0.1) is 11.3 Å². The molecule has 5 aromatic rings. The quantitative estimate of drug-likeness (QED) is 0.336. The molecule has 0 spiro atoms. The molecule has 1 N–H and O–H groups in total. The highest BCUT2D eigenvalue weighted by Gasteiger charge is 2.14. The molecular weight excluding hydrogens is 420 g/mol. The molecule has 4 heterocycles. The van der Waals surface area contributed by atoms with Crippen molar-refractivity contribution in [1.29, 1.82) is 0 Å². The fourth-order valence-corrected chi connectivity index (χ4v) is 4.13. The third kappa shape index (κ3) is 3.32. The van der Waals surface area contributed by atoms with Crippen LogP contribution in [-0.2, 0) is 0 Å². The fourth-order valence-electron chi connectivity index (χ4n) is 3.14. The summed E-state index contributed by atoms with van der Waals surface area (Å²) in [4.78, 5) is 26.7. The summed E-state index contributed by atoms with van der Waals surface area (Å²) in [5.74, 6) is -0.345. The molecule has 0 saturated carbocycles. The first-order valence-corrected chi connectivity index (χ1v) is 10.2. The highest BCUT2D eigenvalue weighted by Crippen LogP contribution is 2.24. The smallest absolute Gasteiger partial charge is 0.272 e. The zero-order chi connectivity index (χ0) is 20.5. The van der Waals surface area contributed by atoms with E-state index in [0.717, 1.165) is 21.4 Å². The minimum Gasteiger partial charge on any atom is -0.288 e. The van der Waals surface area contributed by atoms with Gasteiger partial charge in [0, 0.05) is 34.9 Å². The molecule has 4 aromatic heterocycles. The number of benzene rings is 1. The number of nitrogens with one attached hydrogen (secondary N) is 1. The molecule has 146 valence electrons. The van der Waals surface area contributed by atoms with Gasteiger partial charge in [0.25, 0.3) is 5.91 Å². The highest BCUT2D eigenvalue weighted by molar-refractivity contribution is 7.15. The number of hydrogen-bond acceptors (Lipinski definition) is 6. The number of hydrogen-bond donors (Lipinski definition) is 1. The van der Waals surface area contributed by atoms with Crippen LogP contribution in [0.2, 0.25) is 5.15 Å². The normalized spacial score (nSPS) is 11.5. The van der Waals surface area contributed by atoms with E-state index in [0.29, 0.717) is 22.1 Å². The van der Waals surface area contributed by atoms with Crippen molar-refractivity contribution in [2.45, 2.75) is 0 Å². The third-order valence-corrected chi connectivity index (χ3v) is 5.58. The van der Waals surface area contributed by atoms with Gasteiger partial charge in [-0.2, -0.15) is 5.10 Å². The van der Waals surface area contributed by atoms with Gasteiger partial charge < -0.3 is 0 Å². The predicted molar refractivity (Wildman–Crippen MR) is 118 cm³/mol. The van der Waals surface area contributed by atoms with Crippen molar-refractivity contribution in [3.8, 4) is 11.3 Å². The number of pyridine rings is 2. The van der Waals surface area contributed by atoms with E-state index in [4.69, 9.17) is 11.6 Å². The lowest BCUT2D eigenvalue weighted by Crippen LogP contribution is -2.18. The topological polar surface area (TPSA) is 84.5 Å². The van der Waals surface area contributed by atoms with Crippen LogP contribution >= 0.6 is 22.9 Å². The standard InChI is InChI=1S/C21H13ClN6OS/c22-19-18(28-9-10-30-21(28)26-19)12-24-27-20(29)15-11-17(13-5-7-23-8-6-13)25-16-4-2-1-3-14(15)16/h1-12H,(H,27,29)/b24-12+. The molecule has 1 aromatic carbocycles. The first-order chi connectivity index (χ1) is 14.7. The van der Waals surface area contributed by atoms with E-state index in [1.807, 2.05) is 52.4 Å². The van der Waals surface area contributed by atoms with E-state index < -0.39 is 0 Å². The number of rotatable bonds is 4. The van der Waals surface area contributed by atoms with Gasteiger partial charge in [-0.25, -0.2) is 15.4 Å². The van der Waals surface area contributed by atoms with Crippen molar-refractivity contribution in [3.05, 3.63) is 82.8 Å². The Bertz CT molecular complexity index is 1410. The summed E-state index contributed by atoms with van der Waals surface area (Å²) >= 11 is 7.63. The number of carbonyl (C=O) groups excluding carboxylic acids is 1. The van der Waals surface area contributed by atoms with Crippen LogP contribution in [0.25, 0.3) is 27.1 Å². The minimum absolute atomic E-state index is 0.328. The van der Waals surface area contributed by atoms with Crippen LogP contribution < -0.4 is 5.43 Å². The minimum atomic E-state index is -0.345. The summed E-state index contributed by atoms with van der Waals surface area (Å²) in [5.41, 5.74) is 5.95. The van der Waals surface area contributed by atoms with Gasteiger partial charge in [-0.1, -0.05) is 29.8 Å². The van der Waals surface area contributed by atoms with Crippen LogP contribution in [0, 0.1) is 0 Å². The second-order valence-electron chi connectivity index (χ2n) is 6.35. The van der Waals surface area contributed by atoms with E-state index in [-0.39, 0.29) is 5.91 Å². The highest BCUT2D eigenvalue weighted by atomic mass is 35.5. The first kappa shape index (κ1) is 18.4. The van der Waals surface area contributed by atoms with E-state index in [9.17, 15) is 4.79 Å². The van der Waals surface area contributed by atoms with Gasteiger partial charge in [0.1, 0.15) is 5.69 Å². The maximum Gasteiger partial charge on any atom is 0.272 e. The van der Waals surface area contributed by atoms with E-state index in [1.165, 1.54) is 17.6 Å². The number of nitrogens with zero attached hydrogens (tertiary/aromatic N) is 5. The third-order valence-electron chi connectivity index (χ3n) is 4.54. The van der Waals surface area contributed by atoms with Crippen molar-refractivity contribution in [3.63, 3.8) is 0 Å². The molecule has 30 heavy (non-hydrogen) atoms. The lowest BCUT2D eigenvalue weighted by atomic mass is 10.0. The lowest BCUT2D eigenvalue weighted by Gasteiger charge is -2.08. The van der Waals surface area contributed by atoms with Crippen molar-refractivity contribution in [2.24, 2.45) is 5.10 Å². The van der Waals surface area contributed by atoms with E-state index in [2.05, 4.69) is 25.5 Å².